The number of carboxylic acid groups (broad SMARTS) is 2. The highest BCUT2D eigenvalue weighted by Gasteiger charge is 2.56. The average molecular weight is 287 g/mol. The molecule has 2 aliphatic heterocycles. The van der Waals surface area contributed by atoms with Gasteiger partial charge in [-0.25, -0.2) is 4.79 Å². The third-order valence-electron chi connectivity index (χ3n) is 4.50. The maximum atomic E-state index is 11.6. The van der Waals surface area contributed by atoms with Gasteiger partial charge in [-0.2, -0.15) is 0 Å². The van der Waals surface area contributed by atoms with Crippen molar-refractivity contribution in [1.29, 1.82) is 0 Å². The monoisotopic (exact) mass is 287 g/mol. The molecule has 2 aliphatic rings. The van der Waals surface area contributed by atoms with Gasteiger partial charge in [0.25, 0.3) is 0 Å². The fourth-order valence-electron chi connectivity index (χ4n) is 2.98. The van der Waals surface area contributed by atoms with Crippen molar-refractivity contribution in [2.45, 2.75) is 50.5 Å². The second-order valence-electron chi connectivity index (χ2n) is 5.94. The van der Waals surface area contributed by atoms with Gasteiger partial charge in [-0.1, -0.05) is 13.8 Å². The molecule has 0 aromatic rings. The van der Waals surface area contributed by atoms with Crippen LogP contribution in [0, 0.1) is 11.8 Å². The van der Waals surface area contributed by atoms with Crippen LogP contribution in [0.4, 0.5) is 0 Å². The van der Waals surface area contributed by atoms with Crippen molar-refractivity contribution in [3.05, 3.63) is 0 Å². The van der Waals surface area contributed by atoms with E-state index in [1.807, 2.05) is 13.8 Å². The number of carbonyl (C=O) groups is 2. The van der Waals surface area contributed by atoms with Crippen LogP contribution in [0.2, 0.25) is 0 Å². The lowest BCUT2D eigenvalue weighted by atomic mass is 9.84. The third-order valence-corrected chi connectivity index (χ3v) is 4.50. The van der Waals surface area contributed by atoms with Gasteiger partial charge in [-0.05, 0) is 11.8 Å². The molecule has 0 aromatic carbocycles. The predicted molar refractivity (Wildman–Crippen MR) is 68.2 cm³/mol. The zero-order chi connectivity index (χ0) is 15.1. The van der Waals surface area contributed by atoms with Crippen LogP contribution in [-0.2, 0) is 19.1 Å². The van der Waals surface area contributed by atoms with Crippen LogP contribution in [-0.4, -0.2) is 52.6 Å². The SMILES string of the molecule is CC1COC2CC(C[C@H](N)C(=O)O)(C(=O)O)OC2C1C. The van der Waals surface area contributed by atoms with E-state index >= 15 is 0 Å². The molecule has 2 rings (SSSR count). The molecule has 0 amide bonds. The van der Waals surface area contributed by atoms with Gasteiger partial charge < -0.3 is 25.4 Å². The fourth-order valence-corrected chi connectivity index (χ4v) is 2.98. The highest BCUT2D eigenvalue weighted by Crippen LogP contribution is 2.43. The summed E-state index contributed by atoms with van der Waals surface area (Å²) in [5.74, 6) is -1.97. The summed E-state index contributed by atoms with van der Waals surface area (Å²) in [5, 5.41) is 18.4. The molecule has 0 aromatic heterocycles. The Morgan fingerprint density at radius 1 is 1.40 bits per heavy atom. The lowest BCUT2D eigenvalue weighted by Crippen LogP contribution is -2.47. The van der Waals surface area contributed by atoms with Crippen molar-refractivity contribution < 1.29 is 29.3 Å². The Labute approximate surface area is 117 Å². The van der Waals surface area contributed by atoms with Crippen LogP contribution in [0.1, 0.15) is 26.7 Å². The molecule has 2 saturated heterocycles. The standard InChI is InChI=1S/C13H21NO6/c1-6-5-19-9-4-13(12(17)18,3-8(14)11(15)16)20-10(9)7(6)2/h6-10H,3-5,14H2,1-2H3,(H,15,16)(H,17,18)/t6?,7?,8-,9?,10?,13?/m0/s1. The van der Waals surface area contributed by atoms with Gasteiger partial charge in [0.2, 0.25) is 0 Å². The van der Waals surface area contributed by atoms with Crippen molar-refractivity contribution in [2.75, 3.05) is 6.61 Å². The highest BCUT2D eigenvalue weighted by atomic mass is 16.6. The molecule has 20 heavy (non-hydrogen) atoms. The van der Waals surface area contributed by atoms with Crippen LogP contribution < -0.4 is 5.73 Å². The van der Waals surface area contributed by atoms with E-state index in [9.17, 15) is 14.7 Å². The van der Waals surface area contributed by atoms with Gasteiger partial charge in [0.15, 0.2) is 5.60 Å². The topological polar surface area (TPSA) is 119 Å². The van der Waals surface area contributed by atoms with E-state index < -0.39 is 23.6 Å². The quantitative estimate of drug-likeness (QED) is 0.669. The Kier molecular flexibility index (Phi) is 4.04. The van der Waals surface area contributed by atoms with Crippen molar-refractivity contribution in [3.63, 3.8) is 0 Å². The molecular formula is C13H21NO6. The van der Waals surface area contributed by atoms with Crippen LogP contribution >= 0.6 is 0 Å². The Morgan fingerprint density at radius 2 is 2.05 bits per heavy atom. The largest absolute Gasteiger partial charge is 0.480 e. The lowest BCUT2D eigenvalue weighted by Gasteiger charge is -2.35. The zero-order valence-electron chi connectivity index (χ0n) is 11.6. The molecule has 7 nitrogen and oxygen atoms in total. The van der Waals surface area contributed by atoms with Crippen LogP contribution in [0.3, 0.4) is 0 Å². The number of carboxylic acids is 2. The van der Waals surface area contributed by atoms with Crippen molar-refractivity contribution in [3.8, 4) is 0 Å². The summed E-state index contributed by atoms with van der Waals surface area (Å²) >= 11 is 0. The average Bonchev–Trinajstić information content (AvgIpc) is 2.74. The van der Waals surface area contributed by atoms with E-state index in [2.05, 4.69) is 0 Å². The summed E-state index contributed by atoms with van der Waals surface area (Å²) in [5.41, 5.74) is 3.92. The first-order chi connectivity index (χ1) is 9.27. The molecule has 0 radical (unpaired) electrons. The van der Waals surface area contributed by atoms with E-state index in [1.165, 1.54) is 0 Å². The molecule has 2 heterocycles. The zero-order valence-corrected chi connectivity index (χ0v) is 11.6. The number of hydrogen-bond donors (Lipinski definition) is 3. The van der Waals surface area contributed by atoms with E-state index in [0.29, 0.717) is 6.61 Å². The first-order valence-corrected chi connectivity index (χ1v) is 6.78. The molecule has 0 aliphatic carbocycles. The minimum atomic E-state index is -1.56. The maximum absolute atomic E-state index is 11.6. The summed E-state index contributed by atoms with van der Waals surface area (Å²) < 4.78 is 11.4. The number of nitrogens with two attached hydrogens (primary N) is 1. The summed E-state index contributed by atoms with van der Waals surface area (Å²) in [6.07, 6.45) is -0.741. The van der Waals surface area contributed by atoms with E-state index in [4.69, 9.17) is 20.3 Å². The number of ether oxygens (including phenoxy) is 2. The highest BCUT2D eigenvalue weighted by molar-refractivity contribution is 5.80. The Hall–Kier alpha value is -1.18. The predicted octanol–water partition coefficient (Wildman–Crippen LogP) is 0.0717. The van der Waals surface area contributed by atoms with Gasteiger partial charge in [0.05, 0.1) is 12.2 Å². The number of rotatable bonds is 4. The Morgan fingerprint density at radius 3 is 2.60 bits per heavy atom. The first-order valence-electron chi connectivity index (χ1n) is 6.78. The molecule has 5 unspecified atom stereocenters. The number of fused-ring (bicyclic) bond motifs is 1. The lowest BCUT2D eigenvalue weighted by molar-refractivity contribution is -0.174. The van der Waals surface area contributed by atoms with Crippen molar-refractivity contribution in [2.24, 2.45) is 17.6 Å². The second kappa shape index (κ2) is 5.31. The minimum absolute atomic E-state index is 0.144. The molecule has 2 fully saturated rings. The summed E-state index contributed by atoms with van der Waals surface area (Å²) in [6.45, 7) is 4.58. The third kappa shape index (κ3) is 2.53. The summed E-state index contributed by atoms with van der Waals surface area (Å²) in [6, 6.07) is -1.26. The Balaban J connectivity index is 2.20. The molecule has 7 heteroatoms. The van der Waals surface area contributed by atoms with Crippen LogP contribution in [0.5, 0.6) is 0 Å². The molecule has 6 atom stereocenters. The van der Waals surface area contributed by atoms with E-state index in [1.54, 1.807) is 0 Å². The molecule has 4 N–H and O–H groups in total. The summed E-state index contributed by atoms with van der Waals surface area (Å²) in [7, 11) is 0. The minimum Gasteiger partial charge on any atom is -0.480 e. The number of aliphatic carboxylic acids is 2. The van der Waals surface area contributed by atoms with Crippen molar-refractivity contribution in [1.82, 2.24) is 0 Å². The molecule has 0 saturated carbocycles. The number of hydrogen-bond acceptors (Lipinski definition) is 5. The van der Waals surface area contributed by atoms with Gasteiger partial charge in [0, 0.05) is 19.4 Å². The normalized spacial score (nSPS) is 42.0. The van der Waals surface area contributed by atoms with Gasteiger partial charge in [-0.3, -0.25) is 4.79 Å². The maximum Gasteiger partial charge on any atom is 0.336 e. The molecule has 0 bridgehead atoms. The van der Waals surface area contributed by atoms with Crippen LogP contribution in [0.25, 0.3) is 0 Å². The Bertz CT molecular complexity index is 414. The van der Waals surface area contributed by atoms with E-state index in [0.717, 1.165) is 0 Å². The van der Waals surface area contributed by atoms with Crippen molar-refractivity contribution >= 4 is 11.9 Å². The fraction of sp³-hybridized carbons (Fsp3) is 0.846. The first kappa shape index (κ1) is 15.2. The van der Waals surface area contributed by atoms with Gasteiger partial charge in [0.1, 0.15) is 6.04 Å². The van der Waals surface area contributed by atoms with Gasteiger partial charge in [-0.15, -0.1) is 0 Å². The second-order valence-corrected chi connectivity index (χ2v) is 5.94. The van der Waals surface area contributed by atoms with E-state index in [-0.39, 0.29) is 36.9 Å². The molecule has 114 valence electrons. The molecular weight excluding hydrogens is 266 g/mol. The smallest absolute Gasteiger partial charge is 0.336 e. The van der Waals surface area contributed by atoms with Gasteiger partial charge >= 0.3 is 11.9 Å². The molecule has 0 spiro atoms. The van der Waals surface area contributed by atoms with Crippen LogP contribution in [0.15, 0.2) is 0 Å². The summed E-state index contributed by atoms with van der Waals surface area (Å²) in [4.78, 5) is 22.5.